The van der Waals surface area contributed by atoms with E-state index in [0.29, 0.717) is 0 Å². The Morgan fingerprint density at radius 1 is 1.18 bits per heavy atom. The summed E-state index contributed by atoms with van der Waals surface area (Å²) >= 11 is 11.4. The Labute approximate surface area is 169 Å². The van der Waals surface area contributed by atoms with E-state index in [0.717, 1.165) is 18.2 Å². The van der Waals surface area contributed by atoms with Crippen LogP contribution in [0.25, 0.3) is 0 Å². The summed E-state index contributed by atoms with van der Waals surface area (Å²) in [5, 5.41) is 3.71. The largest absolute Gasteiger partial charge is 0.417 e. The van der Waals surface area contributed by atoms with Crippen LogP contribution in [0.2, 0.25) is 10.0 Å². The van der Waals surface area contributed by atoms with Gasteiger partial charge in [-0.2, -0.15) is 26.4 Å². The van der Waals surface area contributed by atoms with Gasteiger partial charge < -0.3 is 4.84 Å². The van der Waals surface area contributed by atoms with Crippen LogP contribution in [0.1, 0.15) is 24.5 Å². The zero-order valence-electron chi connectivity index (χ0n) is 14.0. The van der Waals surface area contributed by atoms with Gasteiger partial charge in [-0.3, -0.25) is 0 Å². The first-order chi connectivity index (χ1) is 13.0. The van der Waals surface area contributed by atoms with E-state index in [1.165, 1.54) is 18.2 Å². The van der Waals surface area contributed by atoms with E-state index in [-0.39, 0.29) is 33.5 Å². The Balaban J connectivity index is 0.000000892. The van der Waals surface area contributed by atoms with Crippen molar-refractivity contribution in [2.45, 2.75) is 19.5 Å². The average Bonchev–Trinajstić information content (AvgIpc) is 2.57. The molecule has 0 bridgehead atoms. The highest BCUT2D eigenvalue weighted by Gasteiger charge is 2.34. The molecule has 1 N–H and O–H groups in total. The molecular weight excluding hydrogens is 447 g/mol. The number of alkyl halides is 3. The summed E-state index contributed by atoms with van der Waals surface area (Å²) in [6.07, 6.45) is -4.40. The molecule has 0 aliphatic heterocycles. The minimum atomic E-state index is -4.56. The number of hydrogen-bond donors (Lipinski definition) is 1. The molecule has 152 valence electrons. The molecule has 0 fully saturated rings. The van der Waals surface area contributed by atoms with E-state index < -0.39 is 28.1 Å². The van der Waals surface area contributed by atoms with Crippen molar-refractivity contribution >= 4 is 39.4 Å². The molecule has 0 atom stereocenters. The fourth-order valence-electron chi connectivity index (χ4n) is 1.95. The summed E-state index contributed by atoms with van der Waals surface area (Å²) in [6.45, 7) is 1.63. The molecule has 0 radical (unpaired) electrons. The number of nitrogens with one attached hydrogen (secondary N) is 1. The van der Waals surface area contributed by atoms with Gasteiger partial charge in [0.2, 0.25) is 0 Å². The molecule has 0 saturated carbocycles. The number of halogens is 6. The van der Waals surface area contributed by atoms with Crippen molar-refractivity contribution in [1.29, 1.82) is 4.78 Å². The number of hydrogen-bond acceptors (Lipinski definition) is 5. The summed E-state index contributed by atoms with van der Waals surface area (Å²) in [5.41, 5.74) is -0.996. The molecule has 0 spiro atoms. The highest BCUT2D eigenvalue weighted by molar-refractivity contribution is 7.60. The van der Waals surface area contributed by atoms with Gasteiger partial charge in [0.25, 0.3) is 0 Å². The predicted octanol–water partition coefficient (Wildman–Crippen LogP) is 5.97. The van der Waals surface area contributed by atoms with Crippen LogP contribution in [-0.4, -0.2) is 14.1 Å². The van der Waals surface area contributed by atoms with Crippen LogP contribution < -0.4 is 4.84 Å². The van der Waals surface area contributed by atoms with Crippen molar-refractivity contribution in [2.24, 2.45) is 5.16 Å². The lowest BCUT2D eigenvalue weighted by atomic mass is 10.0. The van der Waals surface area contributed by atoms with Gasteiger partial charge in [0.1, 0.15) is 5.82 Å². The molecule has 2 aromatic rings. The molecule has 0 aliphatic carbocycles. The summed E-state index contributed by atoms with van der Waals surface area (Å²) in [4.78, 5) is 5.08. The highest BCUT2D eigenvalue weighted by Crippen LogP contribution is 2.34. The number of oxime groups is 1. The normalized spacial score (nSPS) is 11.5. The molecule has 2 aromatic carbocycles. The Bertz CT molecular complexity index is 974. The molecule has 0 unspecified atom stereocenters. The van der Waals surface area contributed by atoms with Crippen molar-refractivity contribution in [1.82, 2.24) is 0 Å². The van der Waals surface area contributed by atoms with E-state index in [9.17, 15) is 17.6 Å². The molecule has 12 heteroatoms. The van der Waals surface area contributed by atoms with E-state index in [2.05, 4.69) is 5.16 Å². The van der Waals surface area contributed by atoms with Crippen LogP contribution in [0.3, 0.4) is 0 Å². The minimum absolute atomic E-state index is 0.0465. The third-order valence-electron chi connectivity index (χ3n) is 3.09. The molecule has 0 amide bonds. The van der Waals surface area contributed by atoms with Gasteiger partial charge in [-0.15, -0.1) is 0 Å². The molecule has 0 aromatic heterocycles. The Morgan fingerprint density at radius 2 is 1.79 bits per heavy atom. The molecule has 0 saturated heterocycles. The Hall–Kier alpha value is -2.17. The number of benzene rings is 2. The fourth-order valence-corrected chi connectivity index (χ4v) is 2.29. The monoisotopic (exact) mass is 458 g/mol. The van der Waals surface area contributed by atoms with Gasteiger partial charge in [-0.25, -0.2) is 4.39 Å². The van der Waals surface area contributed by atoms with Gasteiger partial charge in [0.05, 0.1) is 16.3 Å². The van der Waals surface area contributed by atoms with E-state index in [1.807, 2.05) is 0 Å². The van der Waals surface area contributed by atoms with Crippen LogP contribution in [-0.2, 0) is 16.7 Å². The Kier molecular flexibility index (Phi) is 8.86. The van der Waals surface area contributed by atoms with Gasteiger partial charge in [-0.05, 0) is 36.8 Å². The maximum absolute atomic E-state index is 13.1. The lowest BCUT2D eigenvalue weighted by Gasteiger charge is -2.14. The minimum Gasteiger partial charge on any atom is -0.357 e. The standard InChI is InChI=1S/C16H11Cl2F4NO.HNO2S/c1-2-15(23-24-10-4-6-14(19)13(18)8-10)11-7-9(17)3-5-12(11)16(20,21)22;1-4(2)3/h3-8H,2H2,1H3;1H/b23-15+;. The maximum Gasteiger partial charge on any atom is 0.417 e. The highest BCUT2D eigenvalue weighted by atomic mass is 35.5. The second kappa shape index (κ2) is 10.4. The lowest BCUT2D eigenvalue weighted by molar-refractivity contribution is -0.137. The number of nitrogens with zero attached hydrogens (tertiary/aromatic N) is 1. The first-order valence-corrected chi connectivity index (χ1v) is 9.15. The lowest BCUT2D eigenvalue weighted by Crippen LogP contribution is -2.14. The van der Waals surface area contributed by atoms with E-state index >= 15 is 0 Å². The third kappa shape index (κ3) is 7.45. The van der Waals surface area contributed by atoms with Crippen LogP contribution in [0.4, 0.5) is 17.6 Å². The van der Waals surface area contributed by atoms with Gasteiger partial charge in [0, 0.05) is 16.7 Å². The van der Waals surface area contributed by atoms with E-state index in [1.54, 1.807) is 6.92 Å². The molecule has 28 heavy (non-hydrogen) atoms. The molecule has 2 rings (SSSR count). The van der Waals surface area contributed by atoms with Crippen LogP contribution in [0.15, 0.2) is 41.6 Å². The topological polar surface area (TPSA) is 79.6 Å². The number of rotatable bonds is 4. The van der Waals surface area contributed by atoms with Crippen molar-refractivity contribution in [3.63, 3.8) is 0 Å². The molecule has 5 nitrogen and oxygen atoms in total. The first kappa shape index (κ1) is 23.9. The third-order valence-corrected chi connectivity index (χ3v) is 3.61. The zero-order valence-corrected chi connectivity index (χ0v) is 16.3. The van der Waals surface area contributed by atoms with Gasteiger partial charge in [-0.1, -0.05) is 35.3 Å². The van der Waals surface area contributed by atoms with Crippen LogP contribution in [0, 0.1) is 10.6 Å². The molecular formula is C16H12Cl2F4N2O3S. The maximum atomic E-state index is 13.1. The van der Waals surface area contributed by atoms with Gasteiger partial charge >= 0.3 is 16.7 Å². The summed E-state index contributed by atoms with van der Waals surface area (Å²) in [7, 11) is -2.61. The first-order valence-electron chi connectivity index (χ1n) is 7.32. The predicted molar refractivity (Wildman–Crippen MR) is 97.0 cm³/mol. The van der Waals surface area contributed by atoms with Crippen molar-refractivity contribution in [2.75, 3.05) is 0 Å². The van der Waals surface area contributed by atoms with E-state index in [4.69, 9.17) is 41.2 Å². The SMILES string of the molecule is CC/C(=N\Oc1ccc(F)c(Cl)c1)c1cc(Cl)ccc1C(F)(F)F.N=S(=O)=O. The Morgan fingerprint density at radius 3 is 2.29 bits per heavy atom. The van der Waals surface area contributed by atoms with Crippen LogP contribution >= 0.6 is 23.2 Å². The van der Waals surface area contributed by atoms with Crippen molar-refractivity contribution in [3.8, 4) is 5.75 Å². The molecule has 0 aliphatic rings. The summed E-state index contributed by atoms with van der Waals surface area (Å²) in [5.74, 6) is -0.541. The average molecular weight is 459 g/mol. The molecule has 0 heterocycles. The zero-order chi connectivity index (χ0) is 21.5. The van der Waals surface area contributed by atoms with Gasteiger partial charge in [0.15, 0.2) is 5.75 Å². The summed E-state index contributed by atoms with van der Waals surface area (Å²) < 4.78 is 75.3. The van der Waals surface area contributed by atoms with Crippen LogP contribution in [0.5, 0.6) is 5.75 Å². The quantitative estimate of drug-likeness (QED) is 0.348. The van der Waals surface area contributed by atoms with Crippen molar-refractivity contribution < 1.29 is 30.8 Å². The fraction of sp³-hybridized carbons (Fsp3) is 0.188. The second-order valence-electron chi connectivity index (χ2n) is 4.98. The van der Waals surface area contributed by atoms with Crippen molar-refractivity contribution in [3.05, 3.63) is 63.4 Å². The summed E-state index contributed by atoms with van der Waals surface area (Å²) in [6, 6.07) is 6.73. The smallest absolute Gasteiger partial charge is 0.357 e. The second-order valence-corrected chi connectivity index (χ2v) is 6.29.